The Morgan fingerprint density at radius 3 is 2.42 bits per heavy atom. The van der Waals surface area contributed by atoms with Crippen LogP contribution in [-0.2, 0) is 9.84 Å². The third-order valence-corrected chi connectivity index (χ3v) is 7.36. The highest BCUT2D eigenvalue weighted by molar-refractivity contribution is 8.00. The molecule has 4 aromatic rings. The molecule has 4 rings (SSSR count). The zero-order chi connectivity index (χ0) is 24.0. The summed E-state index contributed by atoms with van der Waals surface area (Å²) in [6.07, 6.45) is 2.53. The van der Waals surface area contributed by atoms with E-state index in [9.17, 15) is 26.4 Å². The molecule has 0 amide bonds. The van der Waals surface area contributed by atoms with E-state index in [4.69, 9.17) is 11.6 Å². The number of pyridine rings is 2. The molecule has 0 N–H and O–H groups in total. The minimum Gasteiger partial charge on any atom is -0.250 e. The molecule has 0 bridgehead atoms. The second-order valence-electron chi connectivity index (χ2n) is 6.79. The Labute approximate surface area is 194 Å². The molecule has 0 radical (unpaired) electrons. The van der Waals surface area contributed by atoms with Gasteiger partial charge in [-0.1, -0.05) is 30.7 Å². The number of hydrogen-bond acceptors (Lipinski definition) is 6. The van der Waals surface area contributed by atoms with Crippen LogP contribution in [0.15, 0.2) is 69.4 Å². The van der Waals surface area contributed by atoms with Crippen LogP contribution >= 0.6 is 23.4 Å². The van der Waals surface area contributed by atoms with Crippen LogP contribution in [0.3, 0.4) is 0 Å². The van der Waals surface area contributed by atoms with E-state index in [-0.39, 0.29) is 38.8 Å². The summed E-state index contributed by atoms with van der Waals surface area (Å²) < 4.78 is 65.5. The van der Waals surface area contributed by atoms with E-state index in [0.29, 0.717) is 16.1 Å². The van der Waals surface area contributed by atoms with Gasteiger partial charge in [-0.15, -0.1) is 5.10 Å². The van der Waals surface area contributed by atoms with Crippen molar-refractivity contribution >= 4 is 38.8 Å². The van der Waals surface area contributed by atoms with Gasteiger partial charge in [0, 0.05) is 27.9 Å². The Kier molecular flexibility index (Phi) is 6.01. The molecule has 13 heteroatoms. The monoisotopic (exact) mass is 514 g/mol. The molecule has 0 atom stereocenters. The largest absolute Gasteiger partial charge is 0.446 e. The number of thioether (sulfide) groups is 1. The summed E-state index contributed by atoms with van der Waals surface area (Å²) in [4.78, 5) is 16.7. The van der Waals surface area contributed by atoms with E-state index in [1.165, 1.54) is 19.2 Å². The fourth-order valence-electron chi connectivity index (χ4n) is 3.07. The molecule has 1 aromatic carbocycles. The highest BCUT2D eigenvalue weighted by Crippen LogP contribution is 2.37. The van der Waals surface area contributed by atoms with Gasteiger partial charge in [-0.05, 0) is 47.7 Å². The lowest BCUT2D eigenvalue weighted by Crippen LogP contribution is -2.23. The lowest BCUT2D eigenvalue weighted by atomic mass is 10.1. The molecule has 0 spiro atoms. The van der Waals surface area contributed by atoms with Crippen LogP contribution in [0.2, 0.25) is 5.02 Å². The van der Waals surface area contributed by atoms with Crippen molar-refractivity contribution in [3.8, 4) is 16.9 Å². The number of alkyl halides is 3. The highest BCUT2D eigenvalue weighted by Gasteiger charge is 2.30. The van der Waals surface area contributed by atoms with Crippen molar-refractivity contribution in [2.45, 2.75) is 22.2 Å². The molecule has 0 aliphatic heterocycles. The van der Waals surface area contributed by atoms with E-state index >= 15 is 0 Å². The smallest absolute Gasteiger partial charge is 0.250 e. The summed E-state index contributed by atoms with van der Waals surface area (Å²) in [5.74, 6) is -0.506. The summed E-state index contributed by atoms with van der Waals surface area (Å²) >= 11 is 5.56. The quantitative estimate of drug-likeness (QED) is 0.362. The fraction of sp³-hybridized carbons (Fsp3) is 0.150. The van der Waals surface area contributed by atoms with Crippen LogP contribution in [0.25, 0.3) is 22.6 Å². The van der Waals surface area contributed by atoms with Crippen LogP contribution in [0, 0.1) is 0 Å². The maximum absolute atomic E-state index is 12.9. The summed E-state index contributed by atoms with van der Waals surface area (Å²) in [6, 6.07) is 10.3. The van der Waals surface area contributed by atoms with Gasteiger partial charge in [-0.2, -0.15) is 17.9 Å². The van der Waals surface area contributed by atoms with Gasteiger partial charge in [-0.25, -0.2) is 22.6 Å². The van der Waals surface area contributed by atoms with Crippen molar-refractivity contribution in [2.24, 2.45) is 0 Å². The lowest BCUT2D eigenvalue weighted by Gasteiger charge is -2.10. The third-order valence-electron chi connectivity index (χ3n) is 4.66. The molecule has 7 nitrogen and oxygen atoms in total. The topological polar surface area (TPSA) is 86.3 Å². The van der Waals surface area contributed by atoms with Gasteiger partial charge in [0.2, 0.25) is 0 Å². The van der Waals surface area contributed by atoms with Crippen molar-refractivity contribution in [1.29, 1.82) is 0 Å². The summed E-state index contributed by atoms with van der Waals surface area (Å²) in [7, 11) is -3.85. The molecular weight excluding hydrogens is 501 g/mol. The SMILES string of the molecule is CCS(=O)(=O)c1cc(-c2ccc(Cl)cc2)cnc1-n1nc2cc(SC(F)(F)F)ccn2c1=O. The van der Waals surface area contributed by atoms with Crippen LogP contribution in [0.1, 0.15) is 6.92 Å². The van der Waals surface area contributed by atoms with Gasteiger partial charge < -0.3 is 0 Å². The predicted octanol–water partition coefficient (Wildman–Crippen LogP) is 4.61. The summed E-state index contributed by atoms with van der Waals surface area (Å²) in [5, 5.41) is 4.54. The summed E-state index contributed by atoms with van der Waals surface area (Å²) in [6.45, 7) is 1.45. The van der Waals surface area contributed by atoms with E-state index in [1.54, 1.807) is 24.3 Å². The number of benzene rings is 1. The zero-order valence-electron chi connectivity index (χ0n) is 16.7. The normalized spacial score (nSPS) is 12.4. The molecule has 0 aliphatic carbocycles. The highest BCUT2D eigenvalue weighted by atomic mass is 35.5. The van der Waals surface area contributed by atoms with Gasteiger partial charge in [0.1, 0.15) is 4.90 Å². The molecule has 3 heterocycles. The Morgan fingerprint density at radius 1 is 1.09 bits per heavy atom. The van der Waals surface area contributed by atoms with Gasteiger partial charge in [0.25, 0.3) is 0 Å². The van der Waals surface area contributed by atoms with Gasteiger partial charge in [0.15, 0.2) is 21.3 Å². The average Bonchev–Trinajstić information content (AvgIpc) is 3.08. The molecule has 0 saturated carbocycles. The van der Waals surface area contributed by atoms with Crippen LogP contribution in [-0.4, -0.2) is 38.8 Å². The van der Waals surface area contributed by atoms with E-state index in [1.807, 2.05) is 0 Å². The Bertz CT molecular complexity index is 1510. The number of halogens is 4. The first kappa shape index (κ1) is 23.3. The van der Waals surface area contributed by atoms with Crippen LogP contribution in [0.4, 0.5) is 13.2 Å². The minimum atomic E-state index is -4.51. The minimum absolute atomic E-state index is 0.0855. The number of sulfone groups is 1. The molecule has 0 unspecified atom stereocenters. The van der Waals surface area contributed by atoms with E-state index in [2.05, 4.69) is 10.1 Å². The predicted molar refractivity (Wildman–Crippen MR) is 119 cm³/mol. The van der Waals surface area contributed by atoms with Gasteiger partial charge >= 0.3 is 11.2 Å². The first-order valence-electron chi connectivity index (χ1n) is 9.35. The molecule has 0 fully saturated rings. The second-order valence-corrected chi connectivity index (χ2v) is 10.6. The first-order valence-corrected chi connectivity index (χ1v) is 12.2. The Balaban J connectivity index is 1.89. The number of fused-ring (bicyclic) bond motifs is 1. The number of rotatable bonds is 5. The molecule has 0 saturated heterocycles. The molecule has 172 valence electrons. The summed E-state index contributed by atoms with van der Waals surface area (Å²) in [5.41, 5.74) is -4.24. The van der Waals surface area contributed by atoms with Crippen molar-refractivity contribution < 1.29 is 21.6 Å². The van der Waals surface area contributed by atoms with E-state index < -0.39 is 21.0 Å². The Morgan fingerprint density at radius 2 is 1.79 bits per heavy atom. The molecule has 33 heavy (non-hydrogen) atoms. The maximum Gasteiger partial charge on any atom is 0.446 e. The molecule has 0 aliphatic rings. The van der Waals surface area contributed by atoms with Crippen molar-refractivity contribution in [1.82, 2.24) is 19.2 Å². The van der Waals surface area contributed by atoms with E-state index in [0.717, 1.165) is 27.4 Å². The molecular formula is C20H14ClF3N4O3S2. The average molecular weight is 515 g/mol. The first-order chi connectivity index (χ1) is 15.5. The van der Waals surface area contributed by atoms with Crippen molar-refractivity contribution in [3.63, 3.8) is 0 Å². The van der Waals surface area contributed by atoms with Crippen LogP contribution in [0.5, 0.6) is 0 Å². The Hall–Kier alpha value is -2.83. The second kappa shape index (κ2) is 8.50. The van der Waals surface area contributed by atoms with Crippen molar-refractivity contribution in [2.75, 3.05) is 5.75 Å². The molecule has 3 aromatic heterocycles. The van der Waals surface area contributed by atoms with Crippen LogP contribution < -0.4 is 5.69 Å². The standard InChI is InChI=1S/C20H14ClF3N4O3S2/c1-2-33(30,31)16-9-13(12-3-5-14(21)6-4-12)11-25-18(16)28-19(29)27-8-7-15(10-17(27)26-28)32-20(22,23)24/h3-11H,2H2,1H3. The fourth-order valence-corrected chi connectivity index (χ4v) is 4.79. The zero-order valence-corrected chi connectivity index (χ0v) is 19.1. The maximum atomic E-state index is 12.9. The van der Waals surface area contributed by atoms with Crippen molar-refractivity contribution in [3.05, 3.63) is 70.4 Å². The lowest BCUT2D eigenvalue weighted by molar-refractivity contribution is -0.0328. The third kappa shape index (κ3) is 4.77. The number of aromatic nitrogens is 4. The number of hydrogen-bond donors (Lipinski definition) is 0. The van der Waals surface area contributed by atoms with Gasteiger partial charge in [-0.3, -0.25) is 0 Å². The van der Waals surface area contributed by atoms with Gasteiger partial charge in [0.05, 0.1) is 5.75 Å². The number of nitrogens with zero attached hydrogens (tertiary/aromatic N) is 4.